The van der Waals surface area contributed by atoms with E-state index in [-0.39, 0.29) is 11.3 Å². The molecule has 0 unspecified atom stereocenters. The summed E-state index contributed by atoms with van der Waals surface area (Å²) < 4.78 is 0. The SMILES string of the molecule is CC(C)(C)CC(=O)N1CCN(c2cnccn2)CC1. The highest BCUT2D eigenvalue weighted by molar-refractivity contribution is 5.77. The molecule has 1 fully saturated rings. The maximum absolute atomic E-state index is 12.1. The van der Waals surface area contributed by atoms with Gasteiger partial charge in [-0.3, -0.25) is 9.78 Å². The van der Waals surface area contributed by atoms with Crippen molar-refractivity contribution in [2.24, 2.45) is 5.41 Å². The minimum absolute atomic E-state index is 0.0547. The van der Waals surface area contributed by atoms with E-state index in [4.69, 9.17) is 0 Å². The standard InChI is InChI=1S/C14H22N4O/c1-14(2,3)10-13(19)18-8-6-17(7-9-18)12-11-15-4-5-16-12/h4-5,11H,6-10H2,1-3H3. The first-order valence-corrected chi connectivity index (χ1v) is 6.74. The van der Waals surface area contributed by atoms with E-state index in [0.29, 0.717) is 6.42 Å². The van der Waals surface area contributed by atoms with Crippen LogP contribution in [0.15, 0.2) is 18.6 Å². The molecule has 0 saturated carbocycles. The molecule has 1 aromatic heterocycles. The molecule has 1 amide bonds. The summed E-state index contributed by atoms with van der Waals surface area (Å²) in [5.74, 6) is 1.15. The third kappa shape index (κ3) is 3.91. The first-order valence-electron chi connectivity index (χ1n) is 6.74. The average Bonchev–Trinajstić information content (AvgIpc) is 2.38. The molecule has 1 aliphatic heterocycles. The minimum Gasteiger partial charge on any atom is -0.352 e. The van der Waals surface area contributed by atoms with Crippen molar-refractivity contribution >= 4 is 11.7 Å². The van der Waals surface area contributed by atoms with Crippen LogP contribution in [0.25, 0.3) is 0 Å². The lowest BCUT2D eigenvalue weighted by atomic mass is 9.91. The Kier molecular flexibility index (Phi) is 4.02. The maximum Gasteiger partial charge on any atom is 0.223 e. The second-order valence-corrected chi connectivity index (χ2v) is 6.17. The van der Waals surface area contributed by atoms with Gasteiger partial charge in [-0.05, 0) is 5.41 Å². The number of anilines is 1. The first-order chi connectivity index (χ1) is 8.96. The lowest BCUT2D eigenvalue weighted by Crippen LogP contribution is -2.49. The summed E-state index contributed by atoms with van der Waals surface area (Å²) in [6.45, 7) is 9.49. The van der Waals surface area contributed by atoms with Crippen molar-refractivity contribution < 1.29 is 4.79 Å². The van der Waals surface area contributed by atoms with Gasteiger partial charge in [-0.15, -0.1) is 0 Å². The van der Waals surface area contributed by atoms with Gasteiger partial charge in [0.2, 0.25) is 5.91 Å². The van der Waals surface area contributed by atoms with E-state index < -0.39 is 0 Å². The third-order valence-corrected chi connectivity index (χ3v) is 3.19. The van der Waals surface area contributed by atoms with Gasteiger partial charge in [-0.25, -0.2) is 4.98 Å². The van der Waals surface area contributed by atoms with Crippen LogP contribution in [-0.2, 0) is 4.79 Å². The van der Waals surface area contributed by atoms with Crippen molar-refractivity contribution in [1.29, 1.82) is 0 Å². The first kappa shape index (κ1) is 13.8. The second kappa shape index (κ2) is 5.55. The maximum atomic E-state index is 12.1. The number of hydrogen-bond acceptors (Lipinski definition) is 4. The van der Waals surface area contributed by atoms with Gasteiger partial charge in [0.1, 0.15) is 5.82 Å². The Morgan fingerprint density at radius 3 is 2.42 bits per heavy atom. The topological polar surface area (TPSA) is 49.3 Å². The second-order valence-electron chi connectivity index (χ2n) is 6.17. The van der Waals surface area contributed by atoms with E-state index in [1.54, 1.807) is 18.6 Å². The highest BCUT2D eigenvalue weighted by Crippen LogP contribution is 2.21. The number of piperazine rings is 1. The molecule has 1 aromatic rings. The molecular formula is C14H22N4O. The quantitative estimate of drug-likeness (QED) is 0.811. The van der Waals surface area contributed by atoms with Crippen LogP contribution in [0.1, 0.15) is 27.2 Å². The van der Waals surface area contributed by atoms with Gasteiger partial charge in [-0.2, -0.15) is 0 Å². The van der Waals surface area contributed by atoms with Crippen molar-refractivity contribution in [3.63, 3.8) is 0 Å². The summed E-state index contributed by atoms with van der Waals surface area (Å²) in [5.41, 5.74) is 0.0547. The number of amides is 1. The Bertz CT molecular complexity index is 419. The molecule has 2 rings (SSSR count). The number of carbonyl (C=O) groups is 1. The molecule has 19 heavy (non-hydrogen) atoms. The van der Waals surface area contributed by atoms with Gasteiger partial charge in [0.15, 0.2) is 0 Å². The summed E-state index contributed by atoms with van der Waals surface area (Å²) in [4.78, 5) is 24.6. The number of rotatable bonds is 2. The number of carbonyl (C=O) groups excluding carboxylic acids is 1. The Balaban J connectivity index is 1.88. The predicted molar refractivity (Wildman–Crippen MR) is 74.9 cm³/mol. The van der Waals surface area contributed by atoms with E-state index >= 15 is 0 Å². The largest absolute Gasteiger partial charge is 0.352 e. The van der Waals surface area contributed by atoms with E-state index in [2.05, 4.69) is 35.6 Å². The molecule has 0 radical (unpaired) electrons. The highest BCUT2D eigenvalue weighted by atomic mass is 16.2. The highest BCUT2D eigenvalue weighted by Gasteiger charge is 2.25. The molecule has 104 valence electrons. The molecule has 5 nitrogen and oxygen atoms in total. The zero-order valence-corrected chi connectivity index (χ0v) is 12.0. The molecule has 0 atom stereocenters. The van der Waals surface area contributed by atoms with Crippen molar-refractivity contribution in [3.05, 3.63) is 18.6 Å². The van der Waals surface area contributed by atoms with Crippen LogP contribution < -0.4 is 4.90 Å². The smallest absolute Gasteiger partial charge is 0.223 e. The summed E-state index contributed by atoms with van der Waals surface area (Å²) >= 11 is 0. The molecule has 1 aliphatic rings. The van der Waals surface area contributed by atoms with Crippen LogP contribution >= 0.6 is 0 Å². The van der Waals surface area contributed by atoms with E-state index in [1.807, 2.05) is 4.90 Å². The molecule has 2 heterocycles. The minimum atomic E-state index is 0.0547. The fraction of sp³-hybridized carbons (Fsp3) is 0.643. The van der Waals surface area contributed by atoms with Crippen LogP contribution in [-0.4, -0.2) is 47.0 Å². The van der Waals surface area contributed by atoms with Gasteiger partial charge >= 0.3 is 0 Å². The molecule has 5 heteroatoms. The van der Waals surface area contributed by atoms with Crippen LogP contribution in [0.4, 0.5) is 5.82 Å². The molecule has 0 aromatic carbocycles. The normalized spacial score (nSPS) is 16.6. The van der Waals surface area contributed by atoms with Crippen LogP contribution in [0, 0.1) is 5.41 Å². The summed E-state index contributed by atoms with van der Waals surface area (Å²) in [7, 11) is 0. The zero-order chi connectivity index (χ0) is 13.9. The predicted octanol–water partition coefficient (Wildman–Crippen LogP) is 1.56. The van der Waals surface area contributed by atoms with Crippen molar-refractivity contribution in [3.8, 4) is 0 Å². The van der Waals surface area contributed by atoms with Gasteiger partial charge in [0.05, 0.1) is 6.20 Å². The zero-order valence-electron chi connectivity index (χ0n) is 12.0. The third-order valence-electron chi connectivity index (χ3n) is 3.19. The Morgan fingerprint density at radius 1 is 1.21 bits per heavy atom. The summed E-state index contributed by atoms with van der Waals surface area (Å²) in [6, 6.07) is 0. The monoisotopic (exact) mass is 262 g/mol. The number of nitrogens with zero attached hydrogens (tertiary/aromatic N) is 4. The lowest BCUT2D eigenvalue weighted by molar-refractivity contribution is -0.133. The van der Waals surface area contributed by atoms with Crippen LogP contribution in [0.2, 0.25) is 0 Å². The Labute approximate surface area is 114 Å². The fourth-order valence-corrected chi connectivity index (χ4v) is 2.20. The number of hydrogen-bond donors (Lipinski definition) is 0. The Hall–Kier alpha value is -1.65. The molecule has 0 bridgehead atoms. The average molecular weight is 262 g/mol. The summed E-state index contributed by atoms with van der Waals surface area (Å²) in [6.07, 6.45) is 5.75. The van der Waals surface area contributed by atoms with Crippen molar-refractivity contribution in [2.75, 3.05) is 31.1 Å². The van der Waals surface area contributed by atoms with Crippen LogP contribution in [0.5, 0.6) is 0 Å². The molecule has 0 spiro atoms. The van der Waals surface area contributed by atoms with Gasteiger partial charge in [0.25, 0.3) is 0 Å². The van der Waals surface area contributed by atoms with Gasteiger partial charge < -0.3 is 9.80 Å². The van der Waals surface area contributed by atoms with Gasteiger partial charge in [-0.1, -0.05) is 20.8 Å². The summed E-state index contributed by atoms with van der Waals surface area (Å²) in [5, 5.41) is 0. The lowest BCUT2D eigenvalue weighted by Gasteiger charge is -2.36. The van der Waals surface area contributed by atoms with Crippen molar-refractivity contribution in [2.45, 2.75) is 27.2 Å². The molecular weight excluding hydrogens is 240 g/mol. The van der Waals surface area contributed by atoms with E-state index in [0.717, 1.165) is 32.0 Å². The molecule has 0 aliphatic carbocycles. The number of aromatic nitrogens is 2. The molecule has 0 N–H and O–H groups in total. The Morgan fingerprint density at radius 2 is 1.89 bits per heavy atom. The van der Waals surface area contributed by atoms with Crippen molar-refractivity contribution in [1.82, 2.24) is 14.9 Å². The van der Waals surface area contributed by atoms with Gasteiger partial charge in [0, 0.05) is 45.0 Å². The fourth-order valence-electron chi connectivity index (χ4n) is 2.20. The van der Waals surface area contributed by atoms with E-state index in [9.17, 15) is 4.79 Å². The van der Waals surface area contributed by atoms with E-state index in [1.165, 1.54) is 0 Å². The molecule has 1 saturated heterocycles. The van der Waals surface area contributed by atoms with Crippen LogP contribution in [0.3, 0.4) is 0 Å².